The van der Waals surface area contributed by atoms with Crippen LogP contribution in [0.25, 0.3) is 0 Å². The van der Waals surface area contributed by atoms with Crippen molar-refractivity contribution >= 4 is 23.9 Å². The van der Waals surface area contributed by atoms with E-state index in [-0.39, 0.29) is 25.9 Å². The molecule has 12 heteroatoms. The number of carboxylic acids is 1. The van der Waals surface area contributed by atoms with Crippen molar-refractivity contribution in [1.82, 2.24) is 0 Å². The Morgan fingerprint density at radius 2 is 0.803 bits per heavy atom. The molecule has 1 fully saturated rings. The monoisotopic (exact) mass is 1010 g/mol. The molecule has 12 nitrogen and oxygen atoms in total. The van der Waals surface area contributed by atoms with Crippen molar-refractivity contribution < 1.29 is 58.2 Å². The van der Waals surface area contributed by atoms with Crippen LogP contribution in [-0.2, 0) is 42.9 Å². The number of aliphatic hydroxyl groups is 2. The van der Waals surface area contributed by atoms with Gasteiger partial charge in [0.1, 0.15) is 18.8 Å². The van der Waals surface area contributed by atoms with E-state index in [0.29, 0.717) is 19.3 Å². The number of aliphatic hydroxyl groups excluding tert-OH is 2. The highest BCUT2D eigenvalue weighted by atomic mass is 16.7. The summed E-state index contributed by atoms with van der Waals surface area (Å²) in [7, 11) is 0. The van der Waals surface area contributed by atoms with Gasteiger partial charge in [-0.2, -0.15) is 0 Å². The summed E-state index contributed by atoms with van der Waals surface area (Å²) in [5.74, 6) is -3.09. The van der Waals surface area contributed by atoms with Gasteiger partial charge in [0, 0.05) is 19.3 Å². The van der Waals surface area contributed by atoms with Crippen molar-refractivity contribution in [2.45, 2.75) is 327 Å². The van der Waals surface area contributed by atoms with Crippen LogP contribution >= 0.6 is 0 Å². The molecule has 6 atom stereocenters. The Labute approximate surface area is 433 Å². The zero-order valence-electron chi connectivity index (χ0n) is 45.7. The number of allylic oxidation sites excluding steroid dienone is 2. The quantitative estimate of drug-likeness (QED) is 0.0228. The average molecular weight is 1010 g/mol. The number of ether oxygens (including phenoxy) is 5. The highest BCUT2D eigenvalue weighted by Crippen LogP contribution is 2.27. The number of rotatable bonds is 51. The molecule has 1 aliphatic rings. The van der Waals surface area contributed by atoms with Crippen LogP contribution in [-0.4, -0.2) is 89.2 Å². The largest absolute Gasteiger partial charge is 0.479 e. The van der Waals surface area contributed by atoms with Gasteiger partial charge in [-0.1, -0.05) is 238 Å². The van der Waals surface area contributed by atoms with Crippen LogP contribution in [0.4, 0.5) is 0 Å². The summed E-state index contributed by atoms with van der Waals surface area (Å²) in [5, 5.41) is 31.4. The molecule has 0 aromatic heterocycles. The lowest BCUT2D eigenvalue weighted by Gasteiger charge is -2.40. The zero-order chi connectivity index (χ0) is 51.8. The van der Waals surface area contributed by atoms with Crippen LogP contribution in [0.1, 0.15) is 290 Å². The number of carbonyl (C=O) groups is 4. The normalized spacial score (nSPS) is 18.5. The number of hydrogen-bond donors (Lipinski definition) is 3. The first kappa shape index (κ1) is 66.5. The molecule has 1 saturated heterocycles. The minimum atomic E-state index is -1.90. The van der Waals surface area contributed by atoms with Gasteiger partial charge < -0.3 is 39.0 Å². The fraction of sp³-hybridized carbons (Fsp3) is 0.898. The third kappa shape index (κ3) is 38.7. The van der Waals surface area contributed by atoms with Crippen LogP contribution in [0.3, 0.4) is 0 Å². The zero-order valence-corrected chi connectivity index (χ0v) is 45.7. The SMILES string of the molecule is CCCCCCCC/C=C\CCCCCCCCCC(=O)OC1C(OCC(COC(=O)CCCCCCCCCCCCCCCCC)OC(=O)CCCCCCCCCCC)OC(C(=O)O)C(O)C1O. The minimum absolute atomic E-state index is 0.0617. The lowest BCUT2D eigenvalue weighted by atomic mass is 9.98. The van der Waals surface area contributed by atoms with Crippen LogP contribution in [0, 0.1) is 0 Å². The van der Waals surface area contributed by atoms with Crippen LogP contribution in [0.15, 0.2) is 12.2 Å². The second-order valence-electron chi connectivity index (χ2n) is 20.6. The Hall–Kier alpha value is -2.54. The molecule has 0 saturated carbocycles. The van der Waals surface area contributed by atoms with Crippen LogP contribution in [0.2, 0.25) is 0 Å². The standard InChI is InChI=1S/C59H108O12/c1-4-7-10-13-16-19-21-23-25-26-28-30-32-35-38-41-44-47-53(62)70-57-55(64)54(63)56(58(65)66)71-59(57)68-49-50(69-52(61)46-43-40-37-33-18-15-12-9-6-3)48-67-51(60)45-42-39-36-34-31-29-27-24-22-20-17-14-11-8-5-2/h23,25,50,54-57,59,63-64H,4-22,24,26-49H2,1-3H3,(H,65,66)/b25-23-. The number of aliphatic carboxylic acids is 1. The molecule has 0 amide bonds. The lowest BCUT2D eigenvalue weighted by Crippen LogP contribution is -2.61. The van der Waals surface area contributed by atoms with Crippen molar-refractivity contribution in [3.05, 3.63) is 12.2 Å². The second-order valence-corrected chi connectivity index (χ2v) is 20.6. The molecule has 0 aromatic carbocycles. The molecule has 0 bridgehead atoms. The Balaban J connectivity index is 2.63. The molecule has 6 unspecified atom stereocenters. The average Bonchev–Trinajstić information content (AvgIpc) is 3.35. The van der Waals surface area contributed by atoms with Crippen molar-refractivity contribution in [2.75, 3.05) is 13.2 Å². The van der Waals surface area contributed by atoms with Crippen molar-refractivity contribution in [3.8, 4) is 0 Å². The molecule has 0 radical (unpaired) electrons. The summed E-state index contributed by atoms with van der Waals surface area (Å²) >= 11 is 0. The Morgan fingerprint density at radius 3 is 1.20 bits per heavy atom. The maximum atomic E-state index is 13.1. The van der Waals surface area contributed by atoms with Gasteiger partial charge in [0.05, 0.1) is 6.61 Å². The number of hydrogen-bond acceptors (Lipinski definition) is 11. The first-order valence-electron chi connectivity index (χ1n) is 29.7. The van der Waals surface area contributed by atoms with E-state index in [0.717, 1.165) is 70.6 Å². The maximum Gasteiger partial charge on any atom is 0.335 e. The molecule has 0 aromatic rings. The van der Waals surface area contributed by atoms with Crippen LogP contribution in [0.5, 0.6) is 0 Å². The van der Waals surface area contributed by atoms with E-state index in [4.69, 9.17) is 23.7 Å². The highest BCUT2D eigenvalue weighted by molar-refractivity contribution is 5.74. The molecular weight excluding hydrogens is 901 g/mol. The first-order chi connectivity index (χ1) is 34.6. The van der Waals surface area contributed by atoms with Gasteiger partial charge in [0.15, 0.2) is 24.6 Å². The second kappa shape index (κ2) is 48.4. The Kier molecular flexibility index (Phi) is 45.3. The van der Waals surface area contributed by atoms with Gasteiger partial charge in [0.25, 0.3) is 0 Å². The number of carbonyl (C=O) groups excluding carboxylic acids is 3. The summed E-state index contributed by atoms with van der Waals surface area (Å²) in [6.07, 6.45) is 40.5. The Bertz CT molecular complexity index is 1290. The van der Waals surface area contributed by atoms with Gasteiger partial charge in [-0.05, 0) is 44.9 Å². The third-order valence-electron chi connectivity index (χ3n) is 13.8. The molecule has 1 heterocycles. The number of carboxylic acid groups (broad SMARTS) is 1. The van der Waals surface area contributed by atoms with E-state index < -0.39 is 67.3 Å². The van der Waals surface area contributed by atoms with E-state index in [2.05, 4.69) is 32.9 Å². The first-order valence-corrected chi connectivity index (χ1v) is 29.7. The van der Waals surface area contributed by atoms with Gasteiger partial charge in [-0.15, -0.1) is 0 Å². The minimum Gasteiger partial charge on any atom is -0.479 e. The molecule has 0 spiro atoms. The molecule has 1 aliphatic heterocycles. The third-order valence-corrected chi connectivity index (χ3v) is 13.8. The van der Waals surface area contributed by atoms with Gasteiger partial charge >= 0.3 is 23.9 Å². The summed E-state index contributed by atoms with van der Waals surface area (Å²) < 4.78 is 28.4. The van der Waals surface area contributed by atoms with E-state index in [1.807, 2.05) is 0 Å². The topological polar surface area (TPSA) is 175 Å². The smallest absolute Gasteiger partial charge is 0.335 e. The van der Waals surface area contributed by atoms with Crippen molar-refractivity contribution in [3.63, 3.8) is 0 Å². The lowest BCUT2D eigenvalue weighted by molar-refractivity contribution is -0.301. The van der Waals surface area contributed by atoms with Gasteiger partial charge in [-0.3, -0.25) is 14.4 Å². The molecule has 416 valence electrons. The van der Waals surface area contributed by atoms with Crippen LogP contribution < -0.4 is 0 Å². The predicted molar refractivity (Wildman–Crippen MR) is 285 cm³/mol. The van der Waals surface area contributed by atoms with E-state index >= 15 is 0 Å². The number of esters is 3. The van der Waals surface area contributed by atoms with Gasteiger partial charge in [-0.25, -0.2) is 4.79 Å². The fourth-order valence-corrected chi connectivity index (χ4v) is 9.25. The van der Waals surface area contributed by atoms with Crippen molar-refractivity contribution in [1.29, 1.82) is 0 Å². The molecular formula is C59H108O12. The highest BCUT2D eigenvalue weighted by Gasteiger charge is 2.50. The Morgan fingerprint density at radius 1 is 0.451 bits per heavy atom. The number of unbranched alkanes of at least 4 members (excludes halogenated alkanes) is 35. The molecule has 71 heavy (non-hydrogen) atoms. The van der Waals surface area contributed by atoms with E-state index in [9.17, 15) is 34.5 Å². The summed E-state index contributed by atoms with van der Waals surface area (Å²) in [6.45, 7) is 5.99. The molecule has 0 aliphatic carbocycles. The summed E-state index contributed by atoms with van der Waals surface area (Å²) in [6, 6.07) is 0. The van der Waals surface area contributed by atoms with Crippen molar-refractivity contribution in [2.24, 2.45) is 0 Å². The molecule has 1 rings (SSSR count). The predicted octanol–water partition coefficient (Wildman–Crippen LogP) is 14.9. The summed E-state index contributed by atoms with van der Waals surface area (Å²) in [5.41, 5.74) is 0. The maximum absolute atomic E-state index is 13.1. The van der Waals surface area contributed by atoms with E-state index in [1.165, 1.54) is 161 Å². The molecule has 3 N–H and O–H groups in total. The fourth-order valence-electron chi connectivity index (χ4n) is 9.25. The van der Waals surface area contributed by atoms with E-state index in [1.54, 1.807) is 0 Å². The summed E-state index contributed by atoms with van der Waals surface area (Å²) in [4.78, 5) is 51.0. The van der Waals surface area contributed by atoms with Gasteiger partial charge in [0.2, 0.25) is 0 Å².